The van der Waals surface area contributed by atoms with E-state index in [-0.39, 0.29) is 0 Å². The third-order valence-electron chi connectivity index (χ3n) is 1.94. The summed E-state index contributed by atoms with van der Waals surface area (Å²) < 4.78 is 1.82. The summed E-state index contributed by atoms with van der Waals surface area (Å²) in [6.45, 7) is 0.704. The summed E-state index contributed by atoms with van der Waals surface area (Å²) in [5.41, 5.74) is 1.11. The molecule has 0 aliphatic heterocycles. The van der Waals surface area contributed by atoms with Crippen molar-refractivity contribution in [2.75, 3.05) is 5.32 Å². The Morgan fingerprint density at radius 2 is 2.29 bits per heavy atom. The van der Waals surface area contributed by atoms with E-state index in [0.717, 1.165) is 11.5 Å². The monoisotopic (exact) mass is 189 g/mol. The highest BCUT2D eigenvalue weighted by Crippen LogP contribution is 2.02. The van der Waals surface area contributed by atoms with Gasteiger partial charge in [0.15, 0.2) is 0 Å². The first kappa shape index (κ1) is 8.68. The van der Waals surface area contributed by atoms with E-state index in [1.54, 1.807) is 24.8 Å². The highest BCUT2D eigenvalue weighted by atomic mass is 15.3. The van der Waals surface area contributed by atoms with Crippen LogP contribution >= 0.6 is 0 Å². The Morgan fingerprint density at radius 3 is 2.93 bits per heavy atom. The second-order valence-corrected chi connectivity index (χ2v) is 2.89. The van der Waals surface area contributed by atoms with Gasteiger partial charge in [-0.3, -0.25) is 9.67 Å². The maximum Gasteiger partial charge on any atom is 0.144 e. The van der Waals surface area contributed by atoms with Gasteiger partial charge in [0.2, 0.25) is 0 Å². The van der Waals surface area contributed by atoms with Crippen LogP contribution in [0, 0.1) is 0 Å². The van der Waals surface area contributed by atoms with Crippen LogP contribution in [0.25, 0.3) is 0 Å². The molecule has 2 aromatic rings. The lowest BCUT2D eigenvalue weighted by molar-refractivity contribution is 0.720. The maximum atomic E-state index is 4.10. The van der Waals surface area contributed by atoms with Gasteiger partial charge in [-0.25, -0.2) is 4.98 Å². The zero-order chi connectivity index (χ0) is 9.80. The number of nitrogens with zero attached hydrogens (tertiary/aromatic N) is 4. The minimum absolute atomic E-state index is 0.704. The van der Waals surface area contributed by atoms with Crippen molar-refractivity contribution in [3.8, 4) is 0 Å². The maximum absolute atomic E-state index is 4.10. The van der Waals surface area contributed by atoms with Crippen LogP contribution in [0.3, 0.4) is 0 Å². The molecular formula is C9H11N5. The van der Waals surface area contributed by atoms with Crippen LogP contribution in [0.1, 0.15) is 5.69 Å². The predicted molar refractivity (Wildman–Crippen MR) is 52.6 cm³/mol. The van der Waals surface area contributed by atoms with E-state index < -0.39 is 0 Å². The fraction of sp³-hybridized carbons (Fsp3) is 0.222. The van der Waals surface area contributed by atoms with Crippen molar-refractivity contribution in [2.45, 2.75) is 6.54 Å². The summed E-state index contributed by atoms with van der Waals surface area (Å²) in [4.78, 5) is 8.06. The van der Waals surface area contributed by atoms with E-state index in [9.17, 15) is 0 Å². The second-order valence-electron chi connectivity index (χ2n) is 2.89. The van der Waals surface area contributed by atoms with Crippen molar-refractivity contribution >= 4 is 5.82 Å². The normalized spacial score (nSPS) is 10.1. The molecule has 0 aromatic carbocycles. The summed E-state index contributed by atoms with van der Waals surface area (Å²) in [6.07, 6.45) is 6.77. The van der Waals surface area contributed by atoms with Crippen molar-refractivity contribution < 1.29 is 0 Å². The number of aryl methyl sites for hydroxylation is 1. The van der Waals surface area contributed by atoms with Crippen LogP contribution in [-0.4, -0.2) is 19.7 Å². The van der Waals surface area contributed by atoms with Gasteiger partial charge in [-0.15, -0.1) is 0 Å². The van der Waals surface area contributed by atoms with Gasteiger partial charge in [0.05, 0.1) is 18.4 Å². The fourth-order valence-corrected chi connectivity index (χ4v) is 1.15. The lowest BCUT2D eigenvalue weighted by atomic mass is 10.4. The van der Waals surface area contributed by atoms with Crippen LogP contribution < -0.4 is 5.32 Å². The molecule has 2 aromatic heterocycles. The Hall–Kier alpha value is -1.91. The van der Waals surface area contributed by atoms with Crippen molar-refractivity contribution in [3.05, 3.63) is 36.5 Å². The molecule has 0 aliphatic carbocycles. The molecule has 0 saturated carbocycles. The highest BCUT2D eigenvalue weighted by Gasteiger charge is 1.97. The van der Waals surface area contributed by atoms with E-state index in [2.05, 4.69) is 20.4 Å². The molecule has 0 amide bonds. The Labute approximate surface area is 81.8 Å². The van der Waals surface area contributed by atoms with Crippen LogP contribution in [-0.2, 0) is 13.6 Å². The van der Waals surface area contributed by atoms with Gasteiger partial charge >= 0.3 is 0 Å². The Balaban J connectivity index is 1.99. The largest absolute Gasteiger partial charge is 0.363 e. The molecule has 0 fully saturated rings. The molecule has 0 aliphatic rings. The third kappa shape index (κ3) is 1.87. The van der Waals surface area contributed by atoms with Crippen LogP contribution in [0.4, 0.5) is 5.82 Å². The number of hydrogen-bond donors (Lipinski definition) is 1. The molecule has 0 bridgehead atoms. The Bertz CT molecular complexity index is 395. The van der Waals surface area contributed by atoms with Crippen LogP contribution in [0.15, 0.2) is 30.9 Å². The van der Waals surface area contributed by atoms with Gasteiger partial charge in [-0.2, -0.15) is 5.10 Å². The average molecular weight is 189 g/mol. The molecule has 14 heavy (non-hydrogen) atoms. The molecule has 72 valence electrons. The average Bonchev–Trinajstić information content (AvgIpc) is 2.63. The predicted octanol–water partition coefficient (Wildman–Crippen LogP) is 0.822. The van der Waals surface area contributed by atoms with Crippen molar-refractivity contribution in [1.29, 1.82) is 0 Å². The molecule has 2 rings (SSSR count). The van der Waals surface area contributed by atoms with E-state index in [0.29, 0.717) is 6.54 Å². The van der Waals surface area contributed by atoms with E-state index in [1.807, 2.05) is 17.8 Å². The standard InChI is InChI=1S/C9H11N5/c1-14-8(2-3-13-14)6-12-9-7-10-4-5-11-9/h2-5,7H,6H2,1H3,(H,11,12). The number of aromatic nitrogens is 4. The number of anilines is 1. The SMILES string of the molecule is Cn1nccc1CNc1cnccn1. The number of hydrogen-bond acceptors (Lipinski definition) is 4. The van der Waals surface area contributed by atoms with Gasteiger partial charge in [0.1, 0.15) is 5.82 Å². The molecule has 0 unspecified atom stereocenters. The quantitative estimate of drug-likeness (QED) is 0.776. The van der Waals surface area contributed by atoms with E-state index in [1.165, 1.54) is 0 Å². The van der Waals surface area contributed by atoms with Crippen LogP contribution in [0.5, 0.6) is 0 Å². The van der Waals surface area contributed by atoms with Gasteiger partial charge in [0, 0.05) is 25.6 Å². The molecular weight excluding hydrogens is 178 g/mol. The fourth-order valence-electron chi connectivity index (χ4n) is 1.15. The summed E-state index contributed by atoms with van der Waals surface area (Å²) in [6, 6.07) is 1.96. The minimum atomic E-state index is 0.704. The highest BCUT2D eigenvalue weighted by molar-refractivity contribution is 5.30. The molecule has 0 saturated heterocycles. The smallest absolute Gasteiger partial charge is 0.144 e. The van der Waals surface area contributed by atoms with E-state index >= 15 is 0 Å². The zero-order valence-corrected chi connectivity index (χ0v) is 7.88. The van der Waals surface area contributed by atoms with Gasteiger partial charge in [-0.05, 0) is 6.07 Å². The third-order valence-corrected chi connectivity index (χ3v) is 1.94. The molecule has 1 N–H and O–H groups in total. The molecule has 5 heteroatoms. The van der Waals surface area contributed by atoms with Crippen molar-refractivity contribution in [2.24, 2.45) is 7.05 Å². The zero-order valence-electron chi connectivity index (χ0n) is 7.88. The van der Waals surface area contributed by atoms with Crippen molar-refractivity contribution in [1.82, 2.24) is 19.7 Å². The Morgan fingerprint density at radius 1 is 1.36 bits per heavy atom. The van der Waals surface area contributed by atoms with Crippen LogP contribution in [0.2, 0.25) is 0 Å². The number of nitrogens with one attached hydrogen (secondary N) is 1. The first-order chi connectivity index (χ1) is 6.86. The molecule has 2 heterocycles. The lowest BCUT2D eigenvalue weighted by Gasteiger charge is -2.04. The lowest BCUT2D eigenvalue weighted by Crippen LogP contribution is -2.06. The first-order valence-electron chi connectivity index (χ1n) is 4.33. The molecule has 0 radical (unpaired) electrons. The van der Waals surface area contributed by atoms with E-state index in [4.69, 9.17) is 0 Å². The van der Waals surface area contributed by atoms with Crippen molar-refractivity contribution in [3.63, 3.8) is 0 Å². The Kier molecular flexibility index (Phi) is 2.40. The van der Waals surface area contributed by atoms with Gasteiger partial charge in [-0.1, -0.05) is 0 Å². The molecule has 0 atom stereocenters. The summed E-state index contributed by atoms with van der Waals surface area (Å²) in [7, 11) is 1.91. The summed E-state index contributed by atoms with van der Waals surface area (Å²) >= 11 is 0. The first-order valence-corrected chi connectivity index (χ1v) is 4.33. The topological polar surface area (TPSA) is 55.6 Å². The summed E-state index contributed by atoms with van der Waals surface area (Å²) in [5.74, 6) is 0.772. The molecule has 0 spiro atoms. The molecule has 5 nitrogen and oxygen atoms in total. The summed E-state index contributed by atoms with van der Waals surface area (Å²) in [5, 5.41) is 7.22. The second kappa shape index (κ2) is 3.87. The minimum Gasteiger partial charge on any atom is -0.363 e. The van der Waals surface area contributed by atoms with Gasteiger partial charge < -0.3 is 5.32 Å². The van der Waals surface area contributed by atoms with Gasteiger partial charge in [0.25, 0.3) is 0 Å². The number of rotatable bonds is 3.